The molecule has 0 aliphatic carbocycles. The van der Waals surface area contributed by atoms with E-state index in [9.17, 15) is 43.2 Å². The summed E-state index contributed by atoms with van der Waals surface area (Å²) < 4.78 is 68.6. The molecule has 0 radical (unpaired) electrons. The Morgan fingerprint density at radius 3 is 0.840 bits per heavy atom. The lowest BCUT2D eigenvalue weighted by atomic mass is 10.1. The number of carbonyl (C=O) groups excluding carboxylic acids is 4. The second kappa shape index (κ2) is 73.5. The number of esters is 4. The summed E-state index contributed by atoms with van der Waals surface area (Å²) in [6.07, 6.45) is 75.5. The van der Waals surface area contributed by atoms with Crippen LogP contribution in [0.4, 0.5) is 0 Å². The number of phosphoric ester groups is 2. The highest BCUT2D eigenvalue weighted by Gasteiger charge is 2.30. The van der Waals surface area contributed by atoms with Gasteiger partial charge in [-0.1, -0.05) is 267 Å². The molecule has 3 N–H and O–H groups in total. The van der Waals surface area contributed by atoms with Crippen molar-refractivity contribution in [3.63, 3.8) is 0 Å². The van der Waals surface area contributed by atoms with E-state index >= 15 is 0 Å². The van der Waals surface area contributed by atoms with Gasteiger partial charge in [-0.2, -0.15) is 0 Å². The van der Waals surface area contributed by atoms with Crippen LogP contribution >= 0.6 is 15.6 Å². The standard InChI is InChI=1S/C81H144O17P2/c1-5-9-13-17-21-25-29-33-37-41-45-49-53-57-61-65-78(83)91-71-76(97-80(85)67-63-59-55-51-47-43-39-35-31-27-23-19-15-11-7-3)73-95-99(87,88)93-69-75(82)70-94-100(89,90)96-74-77(98-81(86)68-64-60-56-52-48-44-40-36-32-28-24-20-16-12-8-4)72-92-79(84)66-62-58-54-50-46-42-38-34-30-26-22-18-14-10-6-2/h21,23,25,27-28,32-40,75-77,82H,5-20,22,24,26,29-31,41-74H2,1-4H3,(H,87,88)(H,89,90)/b25-21-,27-23-,32-28-,37-33-,38-34-,39-35-,40-36-/t75-,76+,77+/m0/s1. The normalized spacial score (nSPS) is 14.3. The molecule has 17 nitrogen and oxygen atoms in total. The van der Waals surface area contributed by atoms with Gasteiger partial charge in [-0.3, -0.25) is 37.3 Å². The predicted octanol–water partition coefficient (Wildman–Crippen LogP) is 23.0. The summed E-state index contributed by atoms with van der Waals surface area (Å²) in [6.45, 7) is 4.78. The molecule has 0 aromatic heterocycles. The monoisotopic (exact) mass is 1450 g/mol. The van der Waals surface area contributed by atoms with Crippen molar-refractivity contribution in [3.8, 4) is 0 Å². The van der Waals surface area contributed by atoms with Crippen molar-refractivity contribution < 1.29 is 80.2 Å². The Balaban J connectivity index is 5.38. The third-order valence-corrected chi connectivity index (χ3v) is 18.7. The van der Waals surface area contributed by atoms with Crippen LogP contribution in [0.1, 0.15) is 349 Å². The van der Waals surface area contributed by atoms with Crippen molar-refractivity contribution >= 4 is 39.5 Å². The van der Waals surface area contributed by atoms with E-state index in [0.717, 1.165) is 167 Å². The molecule has 19 heteroatoms. The number of hydrogen-bond acceptors (Lipinski definition) is 15. The van der Waals surface area contributed by atoms with Crippen LogP contribution in [0, 0.1) is 0 Å². The number of rotatable bonds is 75. The minimum Gasteiger partial charge on any atom is -0.462 e. The number of unbranched alkanes of at least 4 members (excludes halogenated alkanes) is 36. The molecule has 0 spiro atoms. The molecule has 0 aromatic rings. The Kier molecular flexibility index (Phi) is 70.8. The first-order chi connectivity index (χ1) is 48.7. The molecule has 0 rings (SSSR count). The number of phosphoric acid groups is 2. The fourth-order valence-electron chi connectivity index (χ4n) is 10.7. The molecule has 0 saturated carbocycles. The summed E-state index contributed by atoms with van der Waals surface area (Å²) >= 11 is 0. The van der Waals surface area contributed by atoms with Gasteiger partial charge in [-0.25, -0.2) is 9.13 Å². The Morgan fingerprint density at radius 1 is 0.290 bits per heavy atom. The van der Waals surface area contributed by atoms with Gasteiger partial charge in [0, 0.05) is 25.7 Å². The van der Waals surface area contributed by atoms with Crippen LogP contribution in [-0.4, -0.2) is 96.7 Å². The summed E-state index contributed by atoms with van der Waals surface area (Å²) in [5, 5.41) is 10.6. The van der Waals surface area contributed by atoms with Crippen LogP contribution in [-0.2, 0) is 65.4 Å². The highest BCUT2D eigenvalue weighted by Crippen LogP contribution is 2.45. The average Bonchev–Trinajstić information content (AvgIpc) is 1.01. The van der Waals surface area contributed by atoms with Crippen molar-refractivity contribution in [1.29, 1.82) is 0 Å². The molecule has 100 heavy (non-hydrogen) atoms. The minimum atomic E-state index is -4.98. The van der Waals surface area contributed by atoms with Crippen molar-refractivity contribution in [2.45, 2.75) is 367 Å². The van der Waals surface area contributed by atoms with E-state index in [1.807, 2.05) is 0 Å². The van der Waals surface area contributed by atoms with Crippen LogP contribution in [0.25, 0.3) is 0 Å². The maximum atomic E-state index is 13.1. The van der Waals surface area contributed by atoms with Crippen molar-refractivity contribution in [2.75, 3.05) is 39.6 Å². The first-order valence-electron chi connectivity index (χ1n) is 39.8. The van der Waals surface area contributed by atoms with E-state index in [2.05, 4.69) is 113 Å². The number of hydrogen-bond donors (Lipinski definition) is 3. The minimum absolute atomic E-state index is 0.0766. The number of carbonyl (C=O) groups is 4. The Labute approximate surface area is 608 Å². The summed E-state index contributed by atoms with van der Waals surface area (Å²) in [6, 6.07) is 0. The largest absolute Gasteiger partial charge is 0.472 e. The second-order valence-electron chi connectivity index (χ2n) is 26.7. The first kappa shape index (κ1) is 96.2. The molecule has 5 atom stereocenters. The maximum absolute atomic E-state index is 13.1. The summed E-state index contributed by atoms with van der Waals surface area (Å²) in [7, 11) is -9.96. The van der Waals surface area contributed by atoms with Crippen LogP contribution < -0.4 is 0 Å². The fraction of sp³-hybridized carbons (Fsp3) is 0.778. The number of allylic oxidation sites excluding steroid dienone is 14. The predicted molar refractivity (Wildman–Crippen MR) is 409 cm³/mol. The van der Waals surface area contributed by atoms with Crippen LogP contribution in [0.2, 0.25) is 0 Å². The molecule has 0 saturated heterocycles. The Hall–Kier alpha value is -3.76. The Morgan fingerprint density at radius 2 is 0.520 bits per heavy atom. The van der Waals surface area contributed by atoms with E-state index in [1.165, 1.54) is 103 Å². The zero-order chi connectivity index (χ0) is 73.2. The molecule has 2 unspecified atom stereocenters. The van der Waals surface area contributed by atoms with Gasteiger partial charge in [0.15, 0.2) is 12.2 Å². The zero-order valence-electron chi connectivity index (χ0n) is 63.4. The topological polar surface area (TPSA) is 237 Å². The Bertz CT molecular complexity index is 2230. The zero-order valence-corrected chi connectivity index (χ0v) is 65.2. The molecule has 580 valence electrons. The van der Waals surface area contributed by atoms with E-state index in [4.69, 9.17) is 37.0 Å². The van der Waals surface area contributed by atoms with Gasteiger partial charge in [-0.15, -0.1) is 0 Å². The molecule has 0 heterocycles. The lowest BCUT2D eigenvalue weighted by molar-refractivity contribution is -0.161. The molecule has 0 fully saturated rings. The van der Waals surface area contributed by atoms with Gasteiger partial charge in [0.2, 0.25) is 0 Å². The van der Waals surface area contributed by atoms with E-state index in [0.29, 0.717) is 25.7 Å². The van der Waals surface area contributed by atoms with Gasteiger partial charge >= 0.3 is 39.5 Å². The highest BCUT2D eigenvalue weighted by atomic mass is 31.2. The van der Waals surface area contributed by atoms with E-state index in [-0.39, 0.29) is 25.7 Å². The van der Waals surface area contributed by atoms with Gasteiger partial charge in [0.1, 0.15) is 19.3 Å². The quantitative estimate of drug-likeness (QED) is 0.0128. The van der Waals surface area contributed by atoms with Crippen LogP contribution in [0.5, 0.6) is 0 Å². The maximum Gasteiger partial charge on any atom is 0.472 e. The van der Waals surface area contributed by atoms with E-state index < -0.39 is 97.5 Å². The summed E-state index contributed by atoms with van der Waals surface area (Å²) in [5.74, 6) is -2.21. The summed E-state index contributed by atoms with van der Waals surface area (Å²) in [4.78, 5) is 73.0. The molecular weight excluding hydrogens is 1310 g/mol. The number of aliphatic hydroxyl groups excluding tert-OH is 1. The van der Waals surface area contributed by atoms with Gasteiger partial charge in [0.25, 0.3) is 0 Å². The SMILES string of the molecule is CCCCC/C=C\C/C=C\CCCCCCCC(=O)OC[C@H](COP(=O)(O)OC[C@H](O)COP(=O)(O)OC[C@@H](COC(=O)CCCCCCC/C=C\CCCCCCCC)OC(=O)CCCCCCC/C=C\C=C/CCCCCC)OC(=O)CCCCCCC/C=C\C/C=C\CCCCC. The molecule has 0 bridgehead atoms. The molecule has 0 aliphatic rings. The molecule has 0 aliphatic heterocycles. The van der Waals surface area contributed by atoms with Crippen LogP contribution in [0.3, 0.4) is 0 Å². The highest BCUT2D eigenvalue weighted by molar-refractivity contribution is 7.47. The van der Waals surface area contributed by atoms with E-state index in [1.54, 1.807) is 0 Å². The number of ether oxygens (including phenoxy) is 4. The molecule has 0 amide bonds. The smallest absolute Gasteiger partial charge is 0.462 e. The van der Waals surface area contributed by atoms with Crippen molar-refractivity contribution in [1.82, 2.24) is 0 Å². The van der Waals surface area contributed by atoms with Crippen molar-refractivity contribution in [3.05, 3.63) is 85.1 Å². The average molecular weight is 1450 g/mol. The van der Waals surface area contributed by atoms with Crippen LogP contribution in [0.15, 0.2) is 85.1 Å². The number of aliphatic hydroxyl groups is 1. The molecule has 0 aromatic carbocycles. The fourth-order valence-corrected chi connectivity index (χ4v) is 12.3. The molecular formula is C81H144O17P2. The lowest BCUT2D eigenvalue weighted by Gasteiger charge is -2.21. The second-order valence-corrected chi connectivity index (χ2v) is 29.6. The van der Waals surface area contributed by atoms with Gasteiger partial charge in [-0.05, 0) is 141 Å². The van der Waals surface area contributed by atoms with Gasteiger partial charge < -0.3 is 33.8 Å². The third kappa shape index (κ3) is 72.6. The lowest BCUT2D eigenvalue weighted by Crippen LogP contribution is -2.30. The summed E-state index contributed by atoms with van der Waals surface area (Å²) in [5.41, 5.74) is 0. The van der Waals surface area contributed by atoms with Gasteiger partial charge in [0.05, 0.1) is 26.4 Å². The van der Waals surface area contributed by atoms with Crippen molar-refractivity contribution in [2.24, 2.45) is 0 Å². The first-order valence-corrected chi connectivity index (χ1v) is 42.8. The third-order valence-electron chi connectivity index (χ3n) is 16.8.